The van der Waals surface area contributed by atoms with E-state index in [0.29, 0.717) is 22.3 Å². The molecular weight excluding hydrogens is 726 g/mol. The molecular formula is C13H5I4NO3. The van der Waals surface area contributed by atoms with E-state index in [2.05, 4.69) is 95.3 Å². The summed E-state index contributed by atoms with van der Waals surface area (Å²) in [6.07, 6.45) is 0. The molecule has 0 atom stereocenters. The topological polar surface area (TPSA) is 59.1 Å². The molecule has 3 aromatic rings. The van der Waals surface area contributed by atoms with E-state index in [-0.39, 0.29) is 0 Å². The first kappa shape index (κ1) is 16.3. The van der Waals surface area contributed by atoms with Gasteiger partial charge in [-0.1, -0.05) is 12.1 Å². The number of hydrogen-bond donors (Lipinski definition) is 1. The van der Waals surface area contributed by atoms with E-state index >= 15 is 0 Å². The van der Waals surface area contributed by atoms with Gasteiger partial charge in [0.15, 0.2) is 16.7 Å². The Morgan fingerprint density at radius 2 is 1.38 bits per heavy atom. The second-order valence-electron chi connectivity index (χ2n) is 4.02. The third-order valence-electron chi connectivity index (χ3n) is 2.71. The highest BCUT2D eigenvalue weighted by Gasteiger charge is 2.15. The van der Waals surface area contributed by atoms with E-state index in [0.717, 1.165) is 14.3 Å². The minimum Gasteiger partial charge on any atom is -0.450 e. The van der Waals surface area contributed by atoms with Crippen molar-refractivity contribution in [3.63, 3.8) is 0 Å². The van der Waals surface area contributed by atoms with Crippen molar-refractivity contribution in [1.82, 2.24) is 4.98 Å². The number of aromatic amines is 1. The van der Waals surface area contributed by atoms with Crippen molar-refractivity contribution in [1.29, 1.82) is 0 Å². The molecule has 2 aromatic carbocycles. The average molecular weight is 731 g/mol. The van der Waals surface area contributed by atoms with Crippen molar-refractivity contribution < 1.29 is 8.83 Å². The molecule has 4 nitrogen and oxygen atoms in total. The van der Waals surface area contributed by atoms with Crippen LogP contribution in [0, 0.1) is 14.3 Å². The van der Waals surface area contributed by atoms with Crippen LogP contribution in [0.2, 0.25) is 0 Å². The van der Waals surface area contributed by atoms with Gasteiger partial charge in [0, 0.05) is 7.14 Å². The molecule has 108 valence electrons. The maximum atomic E-state index is 12.0. The zero-order valence-electron chi connectivity index (χ0n) is 10.0. The monoisotopic (exact) mass is 731 g/mol. The summed E-state index contributed by atoms with van der Waals surface area (Å²) in [6.45, 7) is 0. The van der Waals surface area contributed by atoms with Crippen LogP contribution >= 0.6 is 90.4 Å². The summed E-state index contributed by atoms with van der Waals surface area (Å²) in [5.74, 6) is -0.516. The van der Waals surface area contributed by atoms with Gasteiger partial charge >= 0.3 is 5.76 Å². The summed E-state index contributed by atoms with van der Waals surface area (Å²) in [5.41, 5.74) is 2.22. The van der Waals surface area contributed by atoms with Gasteiger partial charge in [0.1, 0.15) is 5.52 Å². The number of rotatable bonds is 0. The number of nitrogens with one attached hydrogen (secondary N) is 1. The molecule has 0 fully saturated rings. The summed E-state index contributed by atoms with van der Waals surface area (Å²) < 4.78 is 15.4. The van der Waals surface area contributed by atoms with Gasteiger partial charge in [0.25, 0.3) is 0 Å². The van der Waals surface area contributed by atoms with Crippen LogP contribution in [-0.2, 0) is 0 Å². The van der Waals surface area contributed by atoms with E-state index in [1.807, 2.05) is 6.07 Å². The van der Waals surface area contributed by atoms with Gasteiger partial charge in [-0.2, -0.15) is 0 Å². The van der Waals surface area contributed by atoms with Crippen LogP contribution in [-0.4, -0.2) is 4.98 Å². The standard InChI is InChI=1S/C13H5I4NO3/c14-7-8(15)10(17)12-11(9(7)16)18-13(19)21-6-4-2-1-3-5(6)20-12/h1-4H,(H,18,19). The summed E-state index contributed by atoms with van der Waals surface area (Å²) in [4.78, 5) is 14.8. The third kappa shape index (κ3) is 3.08. The quantitative estimate of drug-likeness (QED) is 0.191. The molecule has 0 amide bonds. The zero-order valence-corrected chi connectivity index (χ0v) is 18.7. The summed E-state index contributed by atoms with van der Waals surface area (Å²) in [5, 5.41) is 0. The minimum absolute atomic E-state index is 0.403. The Balaban J connectivity index is 2.68. The van der Waals surface area contributed by atoms with E-state index in [1.54, 1.807) is 18.2 Å². The predicted octanol–water partition coefficient (Wildman–Crippen LogP) is 5.41. The SMILES string of the molecule is O=c1[nH]c2c(I)c(I)c(I)c(I)c2oc2ccccc2o1. The second kappa shape index (κ2) is 6.51. The van der Waals surface area contributed by atoms with Crippen LogP contribution in [0.15, 0.2) is 37.9 Å². The maximum Gasteiger partial charge on any atom is 0.417 e. The summed E-state index contributed by atoms with van der Waals surface area (Å²) in [7, 11) is 0. The number of fused-ring (bicyclic) bond motifs is 2. The zero-order chi connectivity index (χ0) is 15.1. The fourth-order valence-corrected chi connectivity index (χ4v) is 5.16. The molecule has 21 heavy (non-hydrogen) atoms. The Morgan fingerprint density at radius 3 is 2.05 bits per heavy atom. The fourth-order valence-electron chi connectivity index (χ4n) is 1.78. The molecule has 1 heterocycles. The Hall–Kier alpha value is 0.430. The highest BCUT2D eigenvalue weighted by Crippen LogP contribution is 2.33. The smallest absolute Gasteiger partial charge is 0.417 e. The molecule has 8 heteroatoms. The van der Waals surface area contributed by atoms with Crippen LogP contribution in [0.3, 0.4) is 0 Å². The van der Waals surface area contributed by atoms with E-state index in [4.69, 9.17) is 8.83 Å². The van der Waals surface area contributed by atoms with E-state index < -0.39 is 5.76 Å². The molecule has 0 aliphatic carbocycles. The molecule has 0 saturated carbocycles. The molecule has 0 bridgehead atoms. The lowest BCUT2D eigenvalue weighted by atomic mass is 10.3. The summed E-state index contributed by atoms with van der Waals surface area (Å²) >= 11 is 8.98. The second-order valence-corrected chi connectivity index (χ2v) is 8.34. The maximum absolute atomic E-state index is 12.0. The van der Waals surface area contributed by atoms with Crippen molar-refractivity contribution in [3.8, 4) is 0 Å². The van der Waals surface area contributed by atoms with Gasteiger partial charge in [0.2, 0.25) is 0 Å². The van der Waals surface area contributed by atoms with Crippen molar-refractivity contribution in [2.75, 3.05) is 0 Å². The molecule has 0 aliphatic rings. The number of benzene rings is 2. The first-order valence-corrected chi connectivity index (χ1v) is 9.92. The van der Waals surface area contributed by atoms with Gasteiger partial charge < -0.3 is 8.83 Å². The van der Waals surface area contributed by atoms with E-state index in [1.165, 1.54) is 0 Å². The number of para-hydroxylation sites is 2. The van der Waals surface area contributed by atoms with Crippen LogP contribution < -0.4 is 5.76 Å². The van der Waals surface area contributed by atoms with Crippen LogP contribution in [0.5, 0.6) is 0 Å². The Labute approximate surface area is 173 Å². The Kier molecular flexibility index (Phi) is 5.05. The highest BCUT2D eigenvalue weighted by molar-refractivity contribution is 14.1. The first-order chi connectivity index (χ1) is 9.99. The third-order valence-corrected chi connectivity index (χ3v) is 10.1. The number of aromatic nitrogens is 1. The molecule has 1 aromatic heterocycles. The molecule has 0 saturated heterocycles. The van der Waals surface area contributed by atoms with Gasteiger partial charge in [-0.3, -0.25) is 4.98 Å². The number of halogens is 4. The number of H-pyrrole nitrogens is 1. The van der Waals surface area contributed by atoms with Crippen LogP contribution in [0.25, 0.3) is 22.3 Å². The molecule has 1 N–H and O–H groups in total. The Bertz CT molecular complexity index is 969. The van der Waals surface area contributed by atoms with Gasteiger partial charge in [-0.25, -0.2) is 4.79 Å². The molecule has 3 rings (SSSR count). The van der Waals surface area contributed by atoms with Crippen molar-refractivity contribution in [2.24, 2.45) is 0 Å². The Morgan fingerprint density at radius 1 is 0.810 bits per heavy atom. The first-order valence-electron chi connectivity index (χ1n) is 5.60. The van der Waals surface area contributed by atoms with Crippen LogP contribution in [0.1, 0.15) is 0 Å². The molecule has 0 radical (unpaired) electrons. The van der Waals surface area contributed by atoms with Crippen molar-refractivity contribution >= 4 is 113 Å². The lowest BCUT2D eigenvalue weighted by Gasteiger charge is -2.07. The molecule has 0 spiro atoms. The van der Waals surface area contributed by atoms with Crippen LogP contribution in [0.4, 0.5) is 0 Å². The molecule has 0 aliphatic heterocycles. The lowest BCUT2D eigenvalue weighted by molar-refractivity contribution is 0.524. The minimum atomic E-state index is -0.516. The fraction of sp³-hybridized carbons (Fsp3) is 0. The average Bonchev–Trinajstić information content (AvgIpc) is 2.46. The number of hydrogen-bond acceptors (Lipinski definition) is 3. The molecule has 0 unspecified atom stereocenters. The van der Waals surface area contributed by atoms with Crippen molar-refractivity contribution in [2.45, 2.75) is 0 Å². The summed E-state index contributed by atoms with van der Waals surface area (Å²) in [6, 6.07) is 7.13. The van der Waals surface area contributed by atoms with Gasteiger partial charge in [-0.05, 0) is 102 Å². The van der Waals surface area contributed by atoms with Crippen molar-refractivity contribution in [3.05, 3.63) is 49.1 Å². The van der Waals surface area contributed by atoms with E-state index in [9.17, 15) is 4.79 Å². The lowest BCUT2D eigenvalue weighted by Crippen LogP contribution is -2.04. The highest BCUT2D eigenvalue weighted by atomic mass is 127. The van der Waals surface area contributed by atoms with Gasteiger partial charge in [-0.15, -0.1) is 0 Å². The predicted molar refractivity (Wildman–Crippen MR) is 115 cm³/mol. The van der Waals surface area contributed by atoms with Gasteiger partial charge in [0.05, 0.1) is 7.14 Å². The normalized spacial score (nSPS) is 11.0. The largest absolute Gasteiger partial charge is 0.450 e.